The molecule has 0 aliphatic rings. The van der Waals surface area contributed by atoms with Crippen molar-refractivity contribution in [3.63, 3.8) is 0 Å². The molecule has 2 heteroatoms. The van der Waals surface area contributed by atoms with Gasteiger partial charge in [0.1, 0.15) is 7.05 Å². The van der Waals surface area contributed by atoms with Crippen LogP contribution in [0.2, 0.25) is 0 Å². The molecule has 2 aromatic heterocycles. The highest BCUT2D eigenvalue weighted by Gasteiger charge is 1.96. The Bertz CT molecular complexity index is 349. The van der Waals surface area contributed by atoms with E-state index in [-0.39, 0.29) is 0 Å². The van der Waals surface area contributed by atoms with Crippen LogP contribution in [0.3, 0.4) is 0 Å². The average Bonchev–Trinajstić information content (AvgIpc) is 2.33. The van der Waals surface area contributed by atoms with Crippen LogP contribution >= 0.6 is 0 Å². The first kappa shape index (κ1) is 5.47. The molecular weight excluding hydrogens is 124 g/mol. The maximum atomic E-state index is 3.13. The SMILES string of the molecule is C[n+]1ccc2[nH]ccc2c1. The van der Waals surface area contributed by atoms with E-state index in [1.54, 1.807) is 0 Å². The Morgan fingerprint density at radius 1 is 1.40 bits per heavy atom. The summed E-state index contributed by atoms with van der Waals surface area (Å²) < 4.78 is 2.04. The van der Waals surface area contributed by atoms with Gasteiger partial charge in [-0.15, -0.1) is 0 Å². The van der Waals surface area contributed by atoms with Crippen LogP contribution in [0.15, 0.2) is 30.7 Å². The Kier molecular flexibility index (Phi) is 1.01. The molecule has 2 heterocycles. The molecule has 0 unspecified atom stereocenters. The van der Waals surface area contributed by atoms with Gasteiger partial charge in [-0.25, -0.2) is 4.57 Å². The summed E-state index contributed by atoms with van der Waals surface area (Å²) in [6.45, 7) is 0. The van der Waals surface area contributed by atoms with Crippen molar-refractivity contribution in [3.05, 3.63) is 30.7 Å². The molecule has 2 aromatic rings. The minimum Gasteiger partial charge on any atom is -0.361 e. The minimum absolute atomic E-state index is 1.19. The molecule has 0 aliphatic carbocycles. The van der Waals surface area contributed by atoms with Crippen molar-refractivity contribution in [2.24, 2.45) is 7.05 Å². The minimum atomic E-state index is 1.19. The number of rotatable bonds is 0. The number of fused-ring (bicyclic) bond motifs is 1. The van der Waals surface area contributed by atoms with E-state index >= 15 is 0 Å². The lowest BCUT2D eigenvalue weighted by Crippen LogP contribution is -2.25. The van der Waals surface area contributed by atoms with Crippen LogP contribution in [0.5, 0.6) is 0 Å². The number of aryl methyl sites for hydroxylation is 1. The third-order valence-corrected chi connectivity index (χ3v) is 1.63. The van der Waals surface area contributed by atoms with Crippen molar-refractivity contribution in [2.75, 3.05) is 0 Å². The summed E-state index contributed by atoms with van der Waals surface area (Å²) in [5.41, 5.74) is 1.19. The Balaban J connectivity index is 2.86. The molecule has 1 N–H and O–H groups in total. The predicted molar refractivity (Wildman–Crippen MR) is 39.5 cm³/mol. The molecule has 0 radical (unpaired) electrons. The van der Waals surface area contributed by atoms with E-state index in [1.807, 2.05) is 24.0 Å². The molecular formula is C8H9N2+. The van der Waals surface area contributed by atoms with Crippen LogP contribution in [0.25, 0.3) is 10.9 Å². The van der Waals surface area contributed by atoms with E-state index in [2.05, 4.69) is 23.3 Å². The highest BCUT2D eigenvalue weighted by molar-refractivity contribution is 5.76. The van der Waals surface area contributed by atoms with Crippen molar-refractivity contribution in [1.82, 2.24) is 4.98 Å². The quantitative estimate of drug-likeness (QED) is 0.517. The first-order valence-electron chi connectivity index (χ1n) is 3.28. The lowest BCUT2D eigenvalue weighted by atomic mass is 10.3. The van der Waals surface area contributed by atoms with Gasteiger partial charge in [0.15, 0.2) is 12.4 Å². The van der Waals surface area contributed by atoms with Gasteiger partial charge in [0, 0.05) is 12.3 Å². The molecule has 0 fully saturated rings. The monoisotopic (exact) mass is 133 g/mol. The summed E-state index contributed by atoms with van der Waals surface area (Å²) in [6, 6.07) is 4.13. The van der Waals surface area contributed by atoms with Crippen LogP contribution in [-0.2, 0) is 7.05 Å². The fourth-order valence-corrected chi connectivity index (χ4v) is 1.11. The largest absolute Gasteiger partial charge is 0.361 e. The molecule has 0 aromatic carbocycles. The van der Waals surface area contributed by atoms with Crippen molar-refractivity contribution in [3.8, 4) is 0 Å². The number of nitrogens with zero attached hydrogens (tertiary/aromatic N) is 1. The standard InChI is InChI=1S/C8H8N2/c1-10-5-3-8-7(6-10)2-4-9-8/h2-6H,1H3/p+1. The zero-order valence-electron chi connectivity index (χ0n) is 5.83. The number of pyridine rings is 1. The van der Waals surface area contributed by atoms with Gasteiger partial charge in [0.2, 0.25) is 0 Å². The third kappa shape index (κ3) is 0.692. The number of nitrogens with one attached hydrogen (secondary N) is 1. The maximum absolute atomic E-state index is 3.13. The van der Waals surface area contributed by atoms with E-state index in [1.165, 1.54) is 10.9 Å². The molecule has 0 amide bonds. The van der Waals surface area contributed by atoms with Crippen LogP contribution in [0, 0.1) is 0 Å². The van der Waals surface area contributed by atoms with Crippen LogP contribution in [0.4, 0.5) is 0 Å². The highest BCUT2D eigenvalue weighted by Crippen LogP contribution is 2.06. The summed E-state index contributed by atoms with van der Waals surface area (Å²) in [5, 5.41) is 1.25. The zero-order chi connectivity index (χ0) is 6.97. The molecule has 0 aliphatic heterocycles. The normalized spacial score (nSPS) is 10.5. The first-order chi connectivity index (χ1) is 4.86. The molecule has 0 saturated carbocycles. The number of hydrogen-bond acceptors (Lipinski definition) is 0. The van der Waals surface area contributed by atoms with E-state index in [0.29, 0.717) is 0 Å². The average molecular weight is 133 g/mol. The molecule has 2 nitrogen and oxygen atoms in total. The fourth-order valence-electron chi connectivity index (χ4n) is 1.11. The highest BCUT2D eigenvalue weighted by atomic mass is 14.9. The Morgan fingerprint density at radius 3 is 3.20 bits per heavy atom. The Hall–Kier alpha value is -1.31. The molecule has 0 spiro atoms. The van der Waals surface area contributed by atoms with E-state index in [0.717, 1.165) is 0 Å². The summed E-state index contributed by atoms with van der Waals surface area (Å²) in [5.74, 6) is 0. The maximum Gasteiger partial charge on any atom is 0.177 e. The zero-order valence-corrected chi connectivity index (χ0v) is 5.83. The second kappa shape index (κ2) is 1.84. The van der Waals surface area contributed by atoms with E-state index in [4.69, 9.17) is 0 Å². The smallest absolute Gasteiger partial charge is 0.177 e. The summed E-state index contributed by atoms with van der Waals surface area (Å²) in [7, 11) is 2.02. The molecule has 0 atom stereocenters. The van der Waals surface area contributed by atoms with Crippen LogP contribution in [0.1, 0.15) is 0 Å². The molecule has 10 heavy (non-hydrogen) atoms. The Morgan fingerprint density at radius 2 is 2.30 bits per heavy atom. The van der Waals surface area contributed by atoms with E-state index < -0.39 is 0 Å². The van der Waals surface area contributed by atoms with Crippen molar-refractivity contribution < 1.29 is 4.57 Å². The second-order valence-corrected chi connectivity index (χ2v) is 2.46. The lowest BCUT2D eigenvalue weighted by molar-refractivity contribution is -0.670. The predicted octanol–water partition coefficient (Wildman–Crippen LogP) is 0.992. The van der Waals surface area contributed by atoms with Gasteiger partial charge in [0.25, 0.3) is 0 Å². The summed E-state index contributed by atoms with van der Waals surface area (Å²) in [4.78, 5) is 3.13. The topological polar surface area (TPSA) is 19.7 Å². The Labute approximate surface area is 59.1 Å². The van der Waals surface area contributed by atoms with Crippen LogP contribution < -0.4 is 4.57 Å². The van der Waals surface area contributed by atoms with Gasteiger partial charge >= 0.3 is 0 Å². The van der Waals surface area contributed by atoms with Gasteiger partial charge in [-0.05, 0) is 6.07 Å². The molecule has 50 valence electrons. The van der Waals surface area contributed by atoms with Gasteiger partial charge in [-0.2, -0.15) is 0 Å². The van der Waals surface area contributed by atoms with E-state index in [9.17, 15) is 0 Å². The van der Waals surface area contributed by atoms with Crippen molar-refractivity contribution in [2.45, 2.75) is 0 Å². The summed E-state index contributed by atoms with van der Waals surface area (Å²) >= 11 is 0. The van der Waals surface area contributed by atoms with Gasteiger partial charge in [-0.1, -0.05) is 0 Å². The van der Waals surface area contributed by atoms with Crippen molar-refractivity contribution >= 4 is 10.9 Å². The number of aromatic amines is 1. The van der Waals surface area contributed by atoms with Crippen LogP contribution in [-0.4, -0.2) is 4.98 Å². The molecule has 0 saturated heterocycles. The third-order valence-electron chi connectivity index (χ3n) is 1.63. The second-order valence-electron chi connectivity index (χ2n) is 2.46. The number of aromatic nitrogens is 2. The molecule has 2 rings (SSSR count). The van der Waals surface area contributed by atoms with Gasteiger partial charge in [-0.3, -0.25) is 0 Å². The first-order valence-corrected chi connectivity index (χ1v) is 3.28. The van der Waals surface area contributed by atoms with Gasteiger partial charge < -0.3 is 4.98 Å². The number of hydrogen-bond donors (Lipinski definition) is 1. The van der Waals surface area contributed by atoms with Gasteiger partial charge in [0.05, 0.1) is 10.9 Å². The lowest BCUT2D eigenvalue weighted by Gasteiger charge is -1.85. The number of H-pyrrole nitrogens is 1. The fraction of sp³-hybridized carbons (Fsp3) is 0.125. The molecule has 0 bridgehead atoms. The van der Waals surface area contributed by atoms with Crippen molar-refractivity contribution in [1.29, 1.82) is 0 Å². The summed E-state index contributed by atoms with van der Waals surface area (Å²) in [6.07, 6.45) is 6.06.